The molecule has 0 radical (unpaired) electrons. The van der Waals surface area contributed by atoms with Gasteiger partial charge in [-0.1, -0.05) is 25.1 Å². The number of rotatable bonds is 7. The molecule has 11 heteroatoms. The van der Waals surface area contributed by atoms with Crippen LogP contribution in [0.4, 0.5) is 5.69 Å². The number of ether oxygens (including phenoxy) is 1. The number of morpholine rings is 1. The number of hydrogen-bond donors (Lipinski definition) is 1. The predicted octanol–water partition coefficient (Wildman–Crippen LogP) is 1.77. The van der Waals surface area contributed by atoms with E-state index < -0.39 is 26.0 Å². The van der Waals surface area contributed by atoms with Crippen LogP contribution in [0.25, 0.3) is 0 Å². The molecule has 1 N–H and O–H groups in total. The van der Waals surface area contributed by atoms with E-state index in [1.54, 1.807) is 18.2 Å². The molecule has 0 bridgehead atoms. The second kappa shape index (κ2) is 9.67. The summed E-state index contributed by atoms with van der Waals surface area (Å²) < 4.78 is 59.3. The van der Waals surface area contributed by atoms with E-state index in [-0.39, 0.29) is 34.1 Å². The first-order chi connectivity index (χ1) is 15.1. The Morgan fingerprint density at radius 1 is 1.03 bits per heavy atom. The van der Waals surface area contributed by atoms with Crippen molar-refractivity contribution in [2.75, 3.05) is 45.7 Å². The van der Waals surface area contributed by atoms with Gasteiger partial charge in [-0.2, -0.15) is 4.31 Å². The minimum Gasteiger partial charge on any atom is -0.379 e. The van der Waals surface area contributed by atoms with Crippen LogP contribution in [0.15, 0.2) is 52.3 Å². The van der Waals surface area contributed by atoms with Crippen molar-refractivity contribution in [3.05, 3.63) is 53.6 Å². The van der Waals surface area contributed by atoms with E-state index in [2.05, 4.69) is 5.32 Å². The Kier molecular flexibility index (Phi) is 7.36. The Hall–Kier alpha value is -2.31. The Labute approximate surface area is 189 Å². The van der Waals surface area contributed by atoms with Crippen LogP contribution in [0.3, 0.4) is 0 Å². The summed E-state index contributed by atoms with van der Waals surface area (Å²) in [6, 6.07) is 10.6. The highest BCUT2D eigenvalue weighted by Crippen LogP contribution is 2.26. The number of benzene rings is 2. The zero-order valence-corrected chi connectivity index (χ0v) is 19.9. The second-order valence-electron chi connectivity index (χ2n) is 7.43. The van der Waals surface area contributed by atoms with Crippen molar-refractivity contribution < 1.29 is 26.4 Å². The fourth-order valence-electron chi connectivity index (χ4n) is 3.34. The summed E-state index contributed by atoms with van der Waals surface area (Å²) in [5.41, 5.74) is 0.832. The quantitative estimate of drug-likeness (QED) is 0.645. The van der Waals surface area contributed by atoms with Crippen LogP contribution in [0.2, 0.25) is 0 Å². The van der Waals surface area contributed by atoms with Crippen LogP contribution < -0.4 is 5.32 Å². The molecular formula is C21H27N3O6S2. The molecule has 2 aromatic rings. The molecule has 1 saturated heterocycles. The molecule has 1 fully saturated rings. The maximum Gasteiger partial charge on any atom is 0.255 e. The number of nitrogens with one attached hydrogen (secondary N) is 1. The van der Waals surface area contributed by atoms with Crippen LogP contribution in [-0.2, 0) is 31.2 Å². The van der Waals surface area contributed by atoms with Crippen LogP contribution in [-0.4, -0.2) is 71.8 Å². The second-order valence-corrected chi connectivity index (χ2v) is 11.5. The van der Waals surface area contributed by atoms with E-state index in [1.165, 1.54) is 42.7 Å². The number of carbonyl (C=O) groups is 1. The highest BCUT2D eigenvalue weighted by atomic mass is 32.2. The van der Waals surface area contributed by atoms with Gasteiger partial charge in [0.05, 0.1) is 23.8 Å². The molecule has 9 nitrogen and oxygen atoms in total. The largest absolute Gasteiger partial charge is 0.379 e. The molecule has 0 saturated carbocycles. The smallest absolute Gasteiger partial charge is 0.255 e. The number of nitrogens with zero attached hydrogens (tertiary/aromatic N) is 2. The molecule has 1 amide bonds. The van der Waals surface area contributed by atoms with Crippen molar-refractivity contribution in [2.45, 2.75) is 23.1 Å². The number of anilines is 1. The summed E-state index contributed by atoms with van der Waals surface area (Å²) in [5.74, 6) is -0.604. The SMILES string of the molecule is CCc1ccc(C(=O)Nc2ccccc2S(=O)(=O)N(C)C)cc1S(=O)(=O)N1CCOCC1. The Morgan fingerprint density at radius 2 is 1.69 bits per heavy atom. The summed E-state index contributed by atoms with van der Waals surface area (Å²) in [4.78, 5) is 13.0. The molecule has 174 valence electrons. The lowest BCUT2D eigenvalue weighted by molar-refractivity contribution is 0.0730. The minimum atomic E-state index is -3.81. The van der Waals surface area contributed by atoms with E-state index in [1.807, 2.05) is 6.92 Å². The van der Waals surface area contributed by atoms with Gasteiger partial charge in [-0.25, -0.2) is 21.1 Å². The molecule has 1 heterocycles. The van der Waals surface area contributed by atoms with Crippen LogP contribution in [0, 0.1) is 0 Å². The highest BCUT2D eigenvalue weighted by molar-refractivity contribution is 7.89. The first-order valence-electron chi connectivity index (χ1n) is 10.1. The molecule has 0 unspecified atom stereocenters. The third kappa shape index (κ3) is 4.86. The fraction of sp³-hybridized carbons (Fsp3) is 0.381. The number of para-hydroxylation sites is 1. The standard InChI is InChI=1S/C21H27N3O6S2/c1-4-16-9-10-17(15-20(16)32(28,29)24-11-13-30-14-12-24)21(25)22-18-7-5-6-8-19(18)31(26,27)23(2)3/h5-10,15H,4,11-14H2,1-3H3,(H,22,25). The number of hydrogen-bond acceptors (Lipinski definition) is 6. The molecule has 0 aromatic heterocycles. The van der Waals surface area contributed by atoms with E-state index in [9.17, 15) is 21.6 Å². The minimum absolute atomic E-state index is 0.0512. The molecule has 3 rings (SSSR count). The Balaban J connectivity index is 1.97. The zero-order valence-electron chi connectivity index (χ0n) is 18.2. The average Bonchev–Trinajstić information content (AvgIpc) is 2.79. The van der Waals surface area contributed by atoms with Crippen molar-refractivity contribution in [1.29, 1.82) is 0 Å². The first-order valence-corrected chi connectivity index (χ1v) is 13.0. The molecule has 0 aliphatic carbocycles. The van der Waals surface area contributed by atoms with Crippen molar-refractivity contribution in [3.63, 3.8) is 0 Å². The van der Waals surface area contributed by atoms with Gasteiger partial charge in [-0.3, -0.25) is 4.79 Å². The van der Waals surface area contributed by atoms with Crippen molar-refractivity contribution in [3.8, 4) is 0 Å². The zero-order chi connectivity index (χ0) is 23.5. The average molecular weight is 482 g/mol. The lowest BCUT2D eigenvalue weighted by Crippen LogP contribution is -2.41. The molecule has 0 spiro atoms. The number of aryl methyl sites for hydroxylation is 1. The lowest BCUT2D eigenvalue weighted by Gasteiger charge is -2.27. The molecule has 2 aromatic carbocycles. The van der Waals surface area contributed by atoms with E-state index in [0.29, 0.717) is 25.2 Å². The Morgan fingerprint density at radius 3 is 2.31 bits per heavy atom. The van der Waals surface area contributed by atoms with Gasteiger partial charge < -0.3 is 10.1 Å². The van der Waals surface area contributed by atoms with Gasteiger partial charge in [0.1, 0.15) is 4.90 Å². The molecule has 1 aliphatic rings. The molecule has 1 aliphatic heterocycles. The third-order valence-corrected chi connectivity index (χ3v) is 9.05. The molecule has 0 atom stereocenters. The topological polar surface area (TPSA) is 113 Å². The molecular weight excluding hydrogens is 454 g/mol. The molecule has 32 heavy (non-hydrogen) atoms. The Bertz CT molecular complexity index is 1200. The van der Waals surface area contributed by atoms with Crippen LogP contribution >= 0.6 is 0 Å². The van der Waals surface area contributed by atoms with Gasteiger partial charge in [-0.15, -0.1) is 0 Å². The fourth-order valence-corrected chi connectivity index (χ4v) is 6.11. The normalized spacial score (nSPS) is 15.6. The summed E-state index contributed by atoms with van der Waals surface area (Å²) in [6.07, 6.45) is 0.477. The van der Waals surface area contributed by atoms with Gasteiger partial charge in [0.2, 0.25) is 20.0 Å². The van der Waals surface area contributed by atoms with E-state index in [4.69, 9.17) is 4.74 Å². The van der Waals surface area contributed by atoms with Gasteiger partial charge >= 0.3 is 0 Å². The predicted molar refractivity (Wildman–Crippen MR) is 121 cm³/mol. The summed E-state index contributed by atoms with van der Waals surface area (Å²) in [6.45, 7) is 2.97. The summed E-state index contributed by atoms with van der Waals surface area (Å²) in [5, 5.41) is 2.61. The monoisotopic (exact) mass is 481 g/mol. The highest BCUT2D eigenvalue weighted by Gasteiger charge is 2.29. The van der Waals surface area contributed by atoms with Crippen molar-refractivity contribution in [1.82, 2.24) is 8.61 Å². The number of amides is 1. The number of carbonyl (C=O) groups excluding carboxylic acids is 1. The maximum atomic E-state index is 13.2. The maximum absolute atomic E-state index is 13.2. The van der Waals surface area contributed by atoms with Gasteiger partial charge in [0.25, 0.3) is 5.91 Å². The van der Waals surface area contributed by atoms with Gasteiger partial charge in [0.15, 0.2) is 0 Å². The third-order valence-electron chi connectivity index (χ3n) is 5.19. The van der Waals surface area contributed by atoms with Gasteiger partial charge in [0, 0.05) is 32.7 Å². The van der Waals surface area contributed by atoms with Crippen molar-refractivity contribution >= 4 is 31.6 Å². The van der Waals surface area contributed by atoms with E-state index in [0.717, 1.165) is 4.31 Å². The van der Waals surface area contributed by atoms with E-state index >= 15 is 0 Å². The summed E-state index contributed by atoms with van der Waals surface area (Å²) in [7, 11) is -4.79. The van der Waals surface area contributed by atoms with Crippen molar-refractivity contribution in [2.24, 2.45) is 0 Å². The summed E-state index contributed by atoms with van der Waals surface area (Å²) >= 11 is 0. The first kappa shape index (κ1) is 24.3. The van der Waals surface area contributed by atoms with Crippen LogP contribution in [0.1, 0.15) is 22.8 Å². The lowest BCUT2D eigenvalue weighted by atomic mass is 10.1. The van der Waals surface area contributed by atoms with Crippen LogP contribution in [0.5, 0.6) is 0 Å². The van der Waals surface area contributed by atoms with Gasteiger partial charge in [-0.05, 0) is 36.2 Å². The number of sulfonamides is 2.